The molecule has 0 aliphatic heterocycles. The number of amides is 1. The fraction of sp³-hybridized carbons (Fsp3) is 0.471. The van der Waals surface area contributed by atoms with Gasteiger partial charge in [-0.15, -0.1) is 0 Å². The van der Waals surface area contributed by atoms with Crippen molar-refractivity contribution in [3.8, 4) is 17.6 Å². The molecule has 0 aliphatic rings. The molecule has 1 aromatic rings. The zero-order valence-electron chi connectivity index (χ0n) is 14.7. The molecule has 8 heteroatoms. The molecular formula is C17H21BrN2O5. The Balaban J connectivity index is 2.88. The molecule has 0 N–H and O–H groups in total. The number of halogens is 1. The van der Waals surface area contributed by atoms with E-state index in [4.69, 9.17) is 19.5 Å². The van der Waals surface area contributed by atoms with Gasteiger partial charge in [0.25, 0.3) is 5.91 Å². The van der Waals surface area contributed by atoms with Crippen molar-refractivity contribution in [1.82, 2.24) is 4.90 Å². The van der Waals surface area contributed by atoms with E-state index < -0.39 is 12.1 Å². The number of esters is 1. The number of carbonyl (C=O) groups is 2. The maximum absolute atomic E-state index is 12.3. The van der Waals surface area contributed by atoms with Gasteiger partial charge in [0.1, 0.15) is 0 Å². The quantitative estimate of drug-likeness (QED) is 0.609. The number of rotatable bonds is 8. The maximum atomic E-state index is 12.3. The van der Waals surface area contributed by atoms with Crippen molar-refractivity contribution in [1.29, 1.82) is 5.26 Å². The molecule has 136 valence electrons. The Morgan fingerprint density at radius 3 is 2.64 bits per heavy atom. The first kappa shape index (κ1) is 20.8. The molecule has 7 nitrogen and oxygen atoms in total. The van der Waals surface area contributed by atoms with Crippen molar-refractivity contribution in [2.24, 2.45) is 0 Å². The number of likely N-dealkylation sites (N-methyl/N-ethyl adjacent to an activating group) is 1. The van der Waals surface area contributed by atoms with Gasteiger partial charge in [0.05, 0.1) is 36.2 Å². The number of methoxy groups -OCH3 is 1. The van der Waals surface area contributed by atoms with E-state index in [1.54, 1.807) is 13.1 Å². The molecule has 0 fully saturated rings. The minimum atomic E-state index is -0.965. The number of nitriles is 1. The third kappa shape index (κ3) is 5.64. The lowest BCUT2D eigenvalue weighted by atomic mass is 10.2. The van der Waals surface area contributed by atoms with E-state index in [0.717, 1.165) is 0 Å². The Bertz CT molecular complexity index is 672. The topological polar surface area (TPSA) is 88.9 Å². The van der Waals surface area contributed by atoms with E-state index in [1.807, 2.05) is 13.0 Å². The van der Waals surface area contributed by atoms with Gasteiger partial charge >= 0.3 is 5.97 Å². The van der Waals surface area contributed by atoms with Crippen molar-refractivity contribution in [3.05, 3.63) is 22.2 Å². The summed E-state index contributed by atoms with van der Waals surface area (Å²) in [6.45, 7) is 4.05. The van der Waals surface area contributed by atoms with Gasteiger partial charge < -0.3 is 19.1 Å². The highest BCUT2D eigenvalue weighted by atomic mass is 79.9. The summed E-state index contributed by atoms with van der Waals surface area (Å²) in [4.78, 5) is 25.8. The van der Waals surface area contributed by atoms with Crippen LogP contribution < -0.4 is 9.47 Å². The fourth-order valence-electron chi connectivity index (χ4n) is 2.04. The summed E-state index contributed by atoms with van der Waals surface area (Å²) in [5.41, 5.74) is 0.228. The van der Waals surface area contributed by atoms with Gasteiger partial charge in [0.15, 0.2) is 17.6 Å². The van der Waals surface area contributed by atoms with Crippen LogP contribution in [0.2, 0.25) is 0 Å². The molecule has 0 spiro atoms. The lowest BCUT2D eigenvalue weighted by Gasteiger charge is -2.20. The molecule has 0 bridgehead atoms. The molecule has 1 rings (SSSR count). The smallest absolute Gasteiger partial charge is 0.339 e. The molecule has 0 saturated heterocycles. The van der Waals surface area contributed by atoms with Gasteiger partial charge in [-0.3, -0.25) is 4.79 Å². The first-order valence-electron chi connectivity index (χ1n) is 7.68. The van der Waals surface area contributed by atoms with Crippen LogP contribution in [0.25, 0.3) is 0 Å². The second kappa shape index (κ2) is 9.89. The number of hydrogen-bond acceptors (Lipinski definition) is 6. The third-order valence-corrected chi connectivity index (χ3v) is 3.91. The fourth-order valence-corrected chi connectivity index (χ4v) is 2.60. The molecule has 0 aliphatic carbocycles. The Hall–Kier alpha value is -2.27. The Morgan fingerprint density at radius 2 is 2.08 bits per heavy atom. The van der Waals surface area contributed by atoms with Crippen molar-refractivity contribution < 1.29 is 23.8 Å². The molecule has 1 atom stereocenters. The number of nitrogens with zero attached hydrogens (tertiary/aromatic N) is 2. The average Bonchev–Trinajstić information content (AvgIpc) is 2.60. The summed E-state index contributed by atoms with van der Waals surface area (Å²) in [6, 6.07) is 5.00. The average molecular weight is 413 g/mol. The van der Waals surface area contributed by atoms with E-state index in [2.05, 4.69) is 15.9 Å². The first-order chi connectivity index (χ1) is 11.8. The second-order valence-electron chi connectivity index (χ2n) is 5.14. The van der Waals surface area contributed by atoms with Crippen molar-refractivity contribution in [3.63, 3.8) is 0 Å². The van der Waals surface area contributed by atoms with E-state index >= 15 is 0 Å². The van der Waals surface area contributed by atoms with Gasteiger partial charge in [-0.25, -0.2) is 4.79 Å². The van der Waals surface area contributed by atoms with E-state index in [-0.39, 0.29) is 24.4 Å². The van der Waals surface area contributed by atoms with Crippen LogP contribution in [0.3, 0.4) is 0 Å². The summed E-state index contributed by atoms with van der Waals surface area (Å²) in [6.07, 6.45) is -0.751. The highest BCUT2D eigenvalue weighted by Gasteiger charge is 2.23. The highest BCUT2D eigenvalue weighted by molar-refractivity contribution is 9.10. The van der Waals surface area contributed by atoms with E-state index in [9.17, 15) is 9.59 Å². The van der Waals surface area contributed by atoms with E-state index in [1.165, 1.54) is 25.0 Å². The van der Waals surface area contributed by atoms with Crippen molar-refractivity contribution >= 4 is 27.8 Å². The van der Waals surface area contributed by atoms with Gasteiger partial charge in [0, 0.05) is 13.6 Å². The lowest BCUT2D eigenvalue weighted by Crippen LogP contribution is -2.37. The molecule has 25 heavy (non-hydrogen) atoms. The summed E-state index contributed by atoms with van der Waals surface area (Å²) >= 11 is 3.34. The first-order valence-corrected chi connectivity index (χ1v) is 8.48. The monoisotopic (exact) mass is 412 g/mol. The highest BCUT2D eigenvalue weighted by Crippen LogP contribution is 2.36. The second-order valence-corrected chi connectivity index (χ2v) is 5.99. The maximum Gasteiger partial charge on any atom is 0.339 e. The number of ether oxygens (including phenoxy) is 3. The van der Waals surface area contributed by atoms with Gasteiger partial charge in [-0.05, 0) is 41.9 Å². The number of benzene rings is 1. The van der Waals surface area contributed by atoms with Crippen LogP contribution in [0.5, 0.6) is 11.5 Å². The minimum Gasteiger partial charge on any atom is -0.493 e. The third-order valence-electron chi connectivity index (χ3n) is 3.32. The summed E-state index contributed by atoms with van der Waals surface area (Å²) in [7, 11) is 3.02. The van der Waals surface area contributed by atoms with Crippen LogP contribution in [0.4, 0.5) is 0 Å². The van der Waals surface area contributed by atoms with Crippen molar-refractivity contribution in [2.75, 3.05) is 27.3 Å². The molecule has 0 radical (unpaired) electrons. The summed E-state index contributed by atoms with van der Waals surface area (Å²) in [5.74, 6) is -0.160. The van der Waals surface area contributed by atoms with Crippen LogP contribution in [0.15, 0.2) is 16.6 Å². The van der Waals surface area contributed by atoms with E-state index in [0.29, 0.717) is 22.6 Å². The van der Waals surface area contributed by atoms with Gasteiger partial charge in [-0.1, -0.05) is 0 Å². The molecular weight excluding hydrogens is 392 g/mol. The van der Waals surface area contributed by atoms with Crippen LogP contribution in [-0.4, -0.2) is 50.2 Å². The predicted molar refractivity (Wildman–Crippen MR) is 94.6 cm³/mol. The van der Waals surface area contributed by atoms with Crippen LogP contribution in [0.1, 0.15) is 30.6 Å². The van der Waals surface area contributed by atoms with Gasteiger partial charge in [-0.2, -0.15) is 5.26 Å². The molecule has 0 unspecified atom stereocenters. The van der Waals surface area contributed by atoms with Crippen molar-refractivity contribution in [2.45, 2.75) is 26.4 Å². The Morgan fingerprint density at radius 1 is 1.40 bits per heavy atom. The largest absolute Gasteiger partial charge is 0.493 e. The molecule has 1 amide bonds. The standard InChI is InChI=1S/C17H21BrN2O5/c1-5-24-15-13(18)9-12(10-14(15)23-4)17(22)25-11(2)16(21)20(3)8-6-7-19/h9-11H,5-6,8H2,1-4H3/t11-/m1/s1. The number of carbonyl (C=O) groups excluding carboxylic acids is 2. The number of hydrogen-bond donors (Lipinski definition) is 0. The Labute approximate surface area is 155 Å². The molecule has 0 heterocycles. The zero-order chi connectivity index (χ0) is 19.0. The molecule has 0 aromatic heterocycles. The normalized spacial score (nSPS) is 11.2. The van der Waals surface area contributed by atoms with Crippen LogP contribution in [0, 0.1) is 11.3 Å². The van der Waals surface area contributed by atoms with Crippen LogP contribution >= 0.6 is 15.9 Å². The molecule has 1 aromatic carbocycles. The molecule has 0 saturated carbocycles. The predicted octanol–water partition coefficient (Wildman–Crippen LogP) is 2.77. The Kier molecular flexibility index (Phi) is 8.22. The summed E-state index contributed by atoms with van der Waals surface area (Å²) in [5, 5.41) is 8.57. The SMILES string of the molecule is CCOc1c(Br)cc(C(=O)O[C@H](C)C(=O)N(C)CCC#N)cc1OC. The summed E-state index contributed by atoms with van der Waals surface area (Å²) < 4.78 is 16.5. The lowest BCUT2D eigenvalue weighted by molar-refractivity contribution is -0.138. The minimum absolute atomic E-state index is 0.214. The van der Waals surface area contributed by atoms with Crippen LogP contribution in [-0.2, 0) is 9.53 Å². The van der Waals surface area contributed by atoms with Gasteiger partial charge in [0.2, 0.25) is 0 Å². The zero-order valence-corrected chi connectivity index (χ0v) is 16.3.